The predicted molar refractivity (Wildman–Crippen MR) is 61.0 cm³/mol. The quantitative estimate of drug-likeness (QED) is 0.816. The van der Waals surface area contributed by atoms with Gasteiger partial charge in [-0.15, -0.1) is 11.8 Å². The Morgan fingerprint density at radius 2 is 2.25 bits per heavy atom. The fraction of sp³-hybridized carbons (Fsp3) is 0.444. The number of rotatable bonds is 4. The zero-order valence-electron chi connectivity index (χ0n) is 8.71. The maximum absolute atomic E-state index is 11.4. The molecule has 2 rings (SSSR count). The minimum absolute atomic E-state index is 0.0127. The summed E-state index contributed by atoms with van der Waals surface area (Å²) < 4.78 is 28.3. The van der Waals surface area contributed by atoms with Gasteiger partial charge in [0.2, 0.25) is 10.0 Å². The molecular formula is C9H12N2O3S2. The van der Waals surface area contributed by atoms with Crippen LogP contribution in [0, 0.1) is 0 Å². The number of sulfonamides is 1. The Bertz CT molecular complexity index is 497. The van der Waals surface area contributed by atoms with Gasteiger partial charge in [-0.3, -0.25) is 0 Å². The van der Waals surface area contributed by atoms with Crippen LogP contribution >= 0.6 is 11.8 Å². The molecule has 16 heavy (non-hydrogen) atoms. The lowest BCUT2D eigenvalue weighted by molar-refractivity contribution is 0.285. The highest BCUT2D eigenvalue weighted by Crippen LogP contribution is 2.36. The summed E-state index contributed by atoms with van der Waals surface area (Å²) in [5, 5.41) is 5.69. The number of ether oxygens (including phenoxy) is 1. The first-order chi connectivity index (χ1) is 7.52. The topological polar surface area (TPSA) is 82.3 Å². The molecule has 0 unspecified atom stereocenters. The van der Waals surface area contributed by atoms with Gasteiger partial charge in [-0.2, -0.15) is 0 Å². The first kappa shape index (κ1) is 11.7. The molecule has 0 atom stereocenters. The zero-order chi connectivity index (χ0) is 11.8. The van der Waals surface area contributed by atoms with Crippen LogP contribution < -0.4 is 9.88 Å². The highest BCUT2D eigenvalue weighted by Gasteiger charge is 2.28. The Morgan fingerprint density at radius 1 is 1.56 bits per heavy atom. The standard InChI is InChI=1S/C9H12N2O3S2/c1-15-9-8(14-6-2-3-6)7(4-5-11-9)16(10,12)13/h4-6H,2-3H2,1H3,(H2,10,12,13). The van der Waals surface area contributed by atoms with Crippen LogP contribution in [-0.4, -0.2) is 25.8 Å². The van der Waals surface area contributed by atoms with Crippen LogP contribution in [-0.2, 0) is 10.0 Å². The normalized spacial score (nSPS) is 16.1. The van der Waals surface area contributed by atoms with Crippen molar-refractivity contribution in [1.82, 2.24) is 4.98 Å². The van der Waals surface area contributed by atoms with E-state index in [9.17, 15) is 8.42 Å². The third-order valence-electron chi connectivity index (χ3n) is 2.14. The third kappa shape index (κ3) is 2.47. The van der Waals surface area contributed by atoms with Crippen molar-refractivity contribution in [1.29, 1.82) is 0 Å². The molecule has 0 radical (unpaired) electrons. The lowest BCUT2D eigenvalue weighted by Gasteiger charge is -2.11. The molecule has 1 heterocycles. The van der Waals surface area contributed by atoms with Crippen molar-refractivity contribution in [2.24, 2.45) is 5.14 Å². The van der Waals surface area contributed by atoms with Gasteiger partial charge in [0.1, 0.15) is 9.92 Å². The lowest BCUT2D eigenvalue weighted by Crippen LogP contribution is -2.15. The second-order valence-corrected chi connectivity index (χ2v) is 5.83. The molecule has 88 valence electrons. The van der Waals surface area contributed by atoms with Crippen molar-refractivity contribution in [2.45, 2.75) is 28.9 Å². The number of primary sulfonamides is 1. The molecule has 7 heteroatoms. The summed E-state index contributed by atoms with van der Waals surface area (Å²) in [6.45, 7) is 0. The average Bonchev–Trinajstić information content (AvgIpc) is 3.00. The van der Waals surface area contributed by atoms with E-state index < -0.39 is 10.0 Å². The fourth-order valence-electron chi connectivity index (χ4n) is 1.24. The Kier molecular flexibility index (Phi) is 3.09. The largest absolute Gasteiger partial charge is 0.486 e. The van der Waals surface area contributed by atoms with Gasteiger partial charge < -0.3 is 4.74 Å². The number of hydrogen-bond acceptors (Lipinski definition) is 5. The van der Waals surface area contributed by atoms with Crippen LogP contribution in [0.5, 0.6) is 5.75 Å². The molecule has 0 saturated heterocycles. The molecule has 0 amide bonds. The summed E-state index contributed by atoms with van der Waals surface area (Å²) in [6.07, 6.45) is 5.25. The molecule has 1 fully saturated rings. The van der Waals surface area contributed by atoms with Crippen molar-refractivity contribution >= 4 is 21.8 Å². The van der Waals surface area contributed by atoms with E-state index >= 15 is 0 Å². The molecule has 0 aromatic carbocycles. The number of nitrogens with two attached hydrogens (primary N) is 1. The van der Waals surface area contributed by atoms with E-state index in [0.29, 0.717) is 10.8 Å². The highest BCUT2D eigenvalue weighted by molar-refractivity contribution is 7.98. The number of hydrogen-bond donors (Lipinski definition) is 1. The summed E-state index contributed by atoms with van der Waals surface area (Å²) in [5.74, 6) is 0.292. The van der Waals surface area contributed by atoms with Crippen molar-refractivity contribution in [3.05, 3.63) is 12.3 Å². The SMILES string of the molecule is CSc1nccc(S(N)(=O)=O)c1OC1CC1. The number of nitrogens with zero attached hydrogens (tertiary/aromatic N) is 1. The summed E-state index contributed by atoms with van der Waals surface area (Å²) in [7, 11) is -3.76. The fourth-order valence-corrected chi connectivity index (χ4v) is 2.47. The monoisotopic (exact) mass is 260 g/mol. The van der Waals surface area contributed by atoms with Gasteiger partial charge in [-0.25, -0.2) is 18.5 Å². The third-order valence-corrected chi connectivity index (χ3v) is 3.76. The smallest absolute Gasteiger partial charge is 0.241 e. The van der Waals surface area contributed by atoms with E-state index in [-0.39, 0.29) is 11.0 Å². The summed E-state index contributed by atoms with van der Waals surface area (Å²) in [6, 6.07) is 1.37. The molecule has 5 nitrogen and oxygen atoms in total. The Labute approximate surface area is 98.4 Å². The van der Waals surface area contributed by atoms with Crippen LogP contribution in [0.15, 0.2) is 22.2 Å². The Balaban J connectivity index is 2.49. The second kappa shape index (κ2) is 4.23. The summed E-state index contributed by atoms with van der Waals surface area (Å²) >= 11 is 1.34. The molecule has 0 aliphatic heterocycles. The highest BCUT2D eigenvalue weighted by atomic mass is 32.2. The van der Waals surface area contributed by atoms with E-state index in [1.54, 1.807) is 0 Å². The first-order valence-electron chi connectivity index (χ1n) is 4.75. The molecule has 1 aliphatic rings. The summed E-state index contributed by atoms with van der Waals surface area (Å²) in [5.41, 5.74) is 0. The van der Waals surface area contributed by atoms with Crippen molar-refractivity contribution in [2.75, 3.05) is 6.26 Å². The molecule has 1 aromatic rings. The van der Waals surface area contributed by atoms with Crippen molar-refractivity contribution < 1.29 is 13.2 Å². The van der Waals surface area contributed by atoms with Gasteiger partial charge in [0.05, 0.1) is 6.10 Å². The lowest BCUT2D eigenvalue weighted by atomic mass is 10.4. The minimum atomic E-state index is -3.76. The van der Waals surface area contributed by atoms with Gasteiger partial charge in [0, 0.05) is 6.20 Å². The Hall–Kier alpha value is -0.790. The van der Waals surface area contributed by atoms with Crippen LogP contribution in [0.25, 0.3) is 0 Å². The molecule has 0 bridgehead atoms. The summed E-state index contributed by atoms with van der Waals surface area (Å²) in [4.78, 5) is 4.08. The maximum atomic E-state index is 11.4. The number of aromatic nitrogens is 1. The van der Waals surface area contributed by atoms with Crippen LogP contribution in [0.1, 0.15) is 12.8 Å². The van der Waals surface area contributed by atoms with Crippen LogP contribution in [0.3, 0.4) is 0 Å². The molecular weight excluding hydrogens is 248 g/mol. The molecule has 1 saturated carbocycles. The number of thioether (sulfide) groups is 1. The number of pyridine rings is 1. The minimum Gasteiger partial charge on any atom is -0.486 e. The van der Waals surface area contributed by atoms with Gasteiger partial charge in [0.15, 0.2) is 5.75 Å². The predicted octanol–water partition coefficient (Wildman–Crippen LogP) is 0.992. The second-order valence-electron chi connectivity index (χ2n) is 3.51. The van der Waals surface area contributed by atoms with E-state index in [1.165, 1.54) is 24.0 Å². The first-order valence-corrected chi connectivity index (χ1v) is 7.52. The Morgan fingerprint density at radius 3 is 2.75 bits per heavy atom. The molecule has 1 aromatic heterocycles. The average molecular weight is 260 g/mol. The molecule has 0 spiro atoms. The van der Waals surface area contributed by atoms with Crippen molar-refractivity contribution in [3.63, 3.8) is 0 Å². The van der Waals surface area contributed by atoms with E-state index in [4.69, 9.17) is 9.88 Å². The van der Waals surface area contributed by atoms with E-state index in [1.807, 2.05) is 6.26 Å². The van der Waals surface area contributed by atoms with Gasteiger partial charge in [0.25, 0.3) is 0 Å². The van der Waals surface area contributed by atoms with Gasteiger partial charge in [-0.1, -0.05) is 0 Å². The maximum Gasteiger partial charge on any atom is 0.241 e. The molecule has 1 aliphatic carbocycles. The van der Waals surface area contributed by atoms with Gasteiger partial charge in [-0.05, 0) is 25.2 Å². The molecule has 2 N–H and O–H groups in total. The van der Waals surface area contributed by atoms with E-state index in [0.717, 1.165) is 12.8 Å². The van der Waals surface area contributed by atoms with E-state index in [2.05, 4.69) is 4.98 Å². The zero-order valence-corrected chi connectivity index (χ0v) is 10.3. The van der Waals surface area contributed by atoms with Crippen LogP contribution in [0.4, 0.5) is 0 Å². The van der Waals surface area contributed by atoms with Crippen LogP contribution in [0.2, 0.25) is 0 Å². The van der Waals surface area contributed by atoms with Crippen molar-refractivity contribution in [3.8, 4) is 5.75 Å². The van der Waals surface area contributed by atoms with Gasteiger partial charge >= 0.3 is 0 Å².